The summed E-state index contributed by atoms with van der Waals surface area (Å²) in [5.41, 5.74) is 0.901. The summed E-state index contributed by atoms with van der Waals surface area (Å²) in [6.45, 7) is 6.39. The van der Waals surface area contributed by atoms with E-state index in [4.69, 9.17) is 5.26 Å². The Kier molecular flexibility index (Phi) is 7.05. The monoisotopic (exact) mass is 371 g/mol. The van der Waals surface area contributed by atoms with E-state index in [0.29, 0.717) is 23.1 Å². The number of nitrogens with zero attached hydrogens (tertiary/aromatic N) is 3. The maximum atomic E-state index is 14.0. The van der Waals surface area contributed by atoms with Crippen molar-refractivity contribution in [2.24, 2.45) is 10.9 Å². The van der Waals surface area contributed by atoms with Gasteiger partial charge < -0.3 is 15.5 Å². The molecule has 2 aliphatic rings. The molecule has 0 amide bonds. The number of likely N-dealkylation sites (tertiary alicyclic amines) is 1. The third-order valence-corrected chi connectivity index (χ3v) is 5.53. The summed E-state index contributed by atoms with van der Waals surface area (Å²) in [5, 5.41) is 15.7. The van der Waals surface area contributed by atoms with Crippen molar-refractivity contribution >= 4 is 5.96 Å². The Morgan fingerprint density at radius 2 is 2.15 bits per heavy atom. The molecule has 1 atom stereocenters. The molecule has 1 aromatic rings. The SMILES string of the molecule is CCNC(=NCc1cc(C#N)ccc1F)NC1CCN(CC2CCCC2)C1. The van der Waals surface area contributed by atoms with E-state index in [9.17, 15) is 4.39 Å². The number of nitriles is 1. The Morgan fingerprint density at radius 1 is 1.33 bits per heavy atom. The van der Waals surface area contributed by atoms with E-state index >= 15 is 0 Å². The highest BCUT2D eigenvalue weighted by molar-refractivity contribution is 5.80. The van der Waals surface area contributed by atoms with Gasteiger partial charge in [-0.3, -0.25) is 0 Å². The summed E-state index contributed by atoms with van der Waals surface area (Å²) in [6, 6.07) is 6.82. The molecule has 146 valence electrons. The minimum Gasteiger partial charge on any atom is -0.357 e. The molecule has 27 heavy (non-hydrogen) atoms. The molecule has 1 unspecified atom stereocenters. The summed E-state index contributed by atoms with van der Waals surface area (Å²) in [6.07, 6.45) is 6.65. The molecule has 2 fully saturated rings. The molecule has 2 N–H and O–H groups in total. The fourth-order valence-corrected chi connectivity index (χ4v) is 4.12. The van der Waals surface area contributed by atoms with Crippen LogP contribution >= 0.6 is 0 Å². The number of guanidine groups is 1. The molecule has 1 saturated carbocycles. The minimum atomic E-state index is -0.322. The Bertz CT molecular complexity index is 690. The molecule has 1 heterocycles. The maximum Gasteiger partial charge on any atom is 0.191 e. The van der Waals surface area contributed by atoms with Crippen molar-refractivity contribution in [3.8, 4) is 6.07 Å². The molecule has 1 aliphatic heterocycles. The first-order valence-corrected chi connectivity index (χ1v) is 10.1. The number of benzene rings is 1. The average molecular weight is 372 g/mol. The predicted molar refractivity (Wildman–Crippen MR) is 106 cm³/mol. The van der Waals surface area contributed by atoms with Crippen molar-refractivity contribution in [1.29, 1.82) is 5.26 Å². The molecule has 3 rings (SSSR count). The van der Waals surface area contributed by atoms with Crippen molar-refractivity contribution in [3.05, 3.63) is 35.1 Å². The number of hydrogen-bond donors (Lipinski definition) is 2. The highest BCUT2D eigenvalue weighted by Gasteiger charge is 2.26. The molecule has 0 spiro atoms. The van der Waals surface area contributed by atoms with Gasteiger partial charge in [0, 0.05) is 37.8 Å². The van der Waals surface area contributed by atoms with Gasteiger partial charge in [0.15, 0.2) is 5.96 Å². The van der Waals surface area contributed by atoms with Crippen LogP contribution in [0.2, 0.25) is 0 Å². The smallest absolute Gasteiger partial charge is 0.191 e. The Hall–Kier alpha value is -2.13. The maximum absolute atomic E-state index is 14.0. The van der Waals surface area contributed by atoms with Gasteiger partial charge in [-0.1, -0.05) is 12.8 Å². The normalized spacial score (nSPS) is 21.4. The van der Waals surface area contributed by atoms with E-state index in [0.717, 1.165) is 32.0 Å². The average Bonchev–Trinajstić information content (AvgIpc) is 3.33. The molecule has 0 bridgehead atoms. The predicted octanol–water partition coefficient (Wildman–Crippen LogP) is 3.02. The lowest BCUT2D eigenvalue weighted by Gasteiger charge is -2.21. The van der Waals surface area contributed by atoms with E-state index in [2.05, 4.69) is 20.5 Å². The van der Waals surface area contributed by atoms with Crippen LogP contribution in [0, 0.1) is 23.1 Å². The standard InChI is InChI=1S/C21H30FN5/c1-2-24-21(25-13-18-11-17(12-23)7-8-20(18)22)26-19-9-10-27(15-19)14-16-5-3-4-6-16/h7-8,11,16,19H,2-6,9-10,13-15H2,1H3,(H2,24,25,26). The number of hydrogen-bond acceptors (Lipinski definition) is 3. The lowest BCUT2D eigenvalue weighted by molar-refractivity contribution is 0.275. The molecular weight excluding hydrogens is 341 g/mol. The fraction of sp³-hybridized carbons (Fsp3) is 0.619. The third kappa shape index (κ3) is 5.67. The quantitative estimate of drug-likeness (QED) is 0.596. The third-order valence-electron chi connectivity index (χ3n) is 5.53. The van der Waals surface area contributed by atoms with Gasteiger partial charge in [-0.05, 0) is 50.3 Å². The van der Waals surface area contributed by atoms with Gasteiger partial charge in [-0.25, -0.2) is 9.38 Å². The van der Waals surface area contributed by atoms with Gasteiger partial charge in [0.1, 0.15) is 5.82 Å². The minimum absolute atomic E-state index is 0.217. The second-order valence-electron chi connectivity index (χ2n) is 7.65. The van der Waals surface area contributed by atoms with Crippen molar-refractivity contribution in [2.45, 2.75) is 51.6 Å². The summed E-state index contributed by atoms with van der Waals surface area (Å²) in [5.74, 6) is 1.27. The molecule has 0 radical (unpaired) electrons. The second-order valence-corrected chi connectivity index (χ2v) is 7.65. The van der Waals surface area contributed by atoms with Crippen molar-refractivity contribution < 1.29 is 4.39 Å². The Morgan fingerprint density at radius 3 is 2.89 bits per heavy atom. The highest BCUT2D eigenvalue weighted by atomic mass is 19.1. The fourth-order valence-electron chi connectivity index (χ4n) is 4.12. The Balaban J connectivity index is 1.55. The van der Waals surface area contributed by atoms with Crippen LogP contribution in [0.1, 0.15) is 50.2 Å². The van der Waals surface area contributed by atoms with Gasteiger partial charge in [0.2, 0.25) is 0 Å². The topological polar surface area (TPSA) is 63.5 Å². The highest BCUT2D eigenvalue weighted by Crippen LogP contribution is 2.26. The largest absolute Gasteiger partial charge is 0.357 e. The van der Waals surface area contributed by atoms with E-state index < -0.39 is 0 Å². The van der Waals surface area contributed by atoms with Crippen LogP contribution in [0.15, 0.2) is 23.2 Å². The lowest BCUT2D eigenvalue weighted by Crippen LogP contribution is -2.44. The Labute approximate surface area is 161 Å². The van der Waals surface area contributed by atoms with E-state index in [-0.39, 0.29) is 12.4 Å². The van der Waals surface area contributed by atoms with Gasteiger partial charge in [0.25, 0.3) is 0 Å². The van der Waals surface area contributed by atoms with Crippen molar-refractivity contribution in [1.82, 2.24) is 15.5 Å². The first-order chi connectivity index (χ1) is 13.2. The number of nitrogens with one attached hydrogen (secondary N) is 2. The number of rotatable bonds is 6. The van der Waals surface area contributed by atoms with Crippen LogP contribution in [-0.4, -0.2) is 43.1 Å². The zero-order valence-electron chi connectivity index (χ0n) is 16.2. The molecule has 5 nitrogen and oxygen atoms in total. The van der Waals surface area contributed by atoms with Crippen LogP contribution in [0.25, 0.3) is 0 Å². The van der Waals surface area contributed by atoms with Gasteiger partial charge >= 0.3 is 0 Å². The van der Waals surface area contributed by atoms with E-state index in [1.54, 1.807) is 6.07 Å². The van der Waals surface area contributed by atoms with Crippen molar-refractivity contribution in [3.63, 3.8) is 0 Å². The summed E-state index contributed by atoms with van der Waals surface area (Å²) >= 11 is 0. The summed E-state index contributed by atoms with van der Waals surface area (Å²) in [7, 11) is 0. The zero-order valence-corrected chi connectivity index (χ0v) is 16.2. The molecule has 1 saturated heterocycles. The first-order valence-electron chi connectivity index (χ1n) is 10.1. The molecule has 1 aliphatic carbocycles. The van der Waals surface area contributed by atoms with Gasteiger partial charge in [-0.15, -0.1) is 0 Å². The van der Waals surface area contributed by atoms with Crippen LogP contribution in [0.5, 0.6) is 0 Å². The van der Waals surface area contributed by atoms with E-state index in [1.165, 1.54) is 44.4 Å². The van der Waals surface area contributed by atoms with Gasteiger partial charge in [0.05, 0.1) is 18.2 Å². The number of halogens is 1. The van der Waals surface area contributed by atoms with Crippen LogP contribution in [0.4, 0.5) is 4.39 Å². The van der Waals surface area contributed by atoms with Crippen LogP contribution in [0.3, 0.4) is 0 Å². The molecule has 1 aromatic carbocycles. The second kappa shape index (κ2) is 9.70. The molecular formula is C21H30FN5. The summed E-state index contributed by atoms with van der Waals surface area (Å²) in [4.78, 5) is 7.10. The van der Waals surface area contributed by atoms with Gasteiger partial charge in [-0.2, -0.15) is 5.26 Å². The number of aliphatic imine (C=N–C) groups is 1. The molecule has 0 aromatic heterocycles. The van der Waals surface area contributed by atoms with Crippen LogP contribution in [-0.2, 0) is 6.54 Å². The van der Waals surface area contributed by atoms with E-state index in [1.807, 2.05) is 13.0 Å². The molecule has 6 heteroatoms. The zero-order chi connectivity index (χ0) is 19.1. The van der Waals surface area contributed by atoms with Crippen molar-refractivity contribution in [2.75, 3.05) is 26.2 Å². The lowest BCUT2D eigenvalue weighted by atomic mass is 10.1. The first kappa shape index (κ1) is 19.6. The summed E-state index contributed by atoms with van der Waals surface area (Å²) < 4.78 is 14.0. The van der Waals surface area contributed by atoms with Crippen LogP contribution < -0.4 is 10.6 Å².